The van der Waals surface area contributed by atoms with Gasteiger partial charge in [-0.3, -0.25) is 9.59 Å². The molecule has 1 amide bonds. The molecule has 1 heterocycles. The normalized spacial score (nSPS) is 19.4. The molecule has 0 radical (unpaired) electrons. The van der Waals surface area contributed by atoms with Crippen LogP contribution < -0.4 is 10.9 Å². The van der Waals surface area contributed by atoms with E-state index in [1.54, 1.807) is 7.11 Å². The number of nitrogens with one attached hydrogen (secondary N) is 2. The first-order chi connectivity index (χ1) is 18.2. The fourth-order valence-corrected chi connectivity index (χ4v) is 6.37. The quantitative estimate of drug-likeness (QED) is 0.381. The fraction of sp³-hybridized carbons (Fsp3) is 0.625. The highest BCUT2D eigenvalue weighted by atomic mass is 16.5. The molecule has 2 N–H and O–H groups in total. The molecule has 1 aromatic heterocycles. The molecule has 2 atom stereocenters. The van der Waals surface area contributed by atoms with Crippen LogP contribution >= 0.6 is 0 Å². The van der Waals surface area contributed by atoms with E-state index in [1.807, 2.05) is 32.0 Å². The second kappa shape index (κ2) is 14.1. The zero-order valence-electron chi connectivity index (χ0n) is 24.7. The van der Waals surface area contributed by atoms with Crippen LogP contribution in [0.4, 0.5) is 0 Å². The minimum Gasteiger partial charge on any atom is -0.383 e. The Balaban J connectivity index is 1.62. The highest BCUT2D eigenvalue weighted by Crippen LogP contribution is 2.38. The van der Waals surface area contributed by atoms with Gasteiger partial charge in [-0.15, -0.1) is 0 Å². The van der Waals surface area contributed by atoms with Crippen LogP contribution in [0, 0.1) is 38.5 Å². The summed E-state index contributed by atoms with van der Waals surface area (Å²) < 4.78 is 5.26. The predicted octanol–water partition coefficient (Wildman–Crippen LogP) is 5.57. The Bertz CT molecular complexity index is 1120. The molecular formula is C32H49N3O3. The maximum Gasteiger partial charge on any atom is 0.253 e. The summed E-state index contributed by atoms with van der Waals surface area (Å²) in [7, 11) is 4.00. The Morgan fingerprint density at radius 2 is 1.89 bits per heavy atom. The van der Waals surface area contributed by atoms with Gasteiger partial charge in [0.2, 0.25) is 0 Å². The van der Waals surface area contributed by atoms with E-state index < -0.39 is 0 Å². The van der Waals surface area contributed by atoms with E-state index in [4.69, 9.17) is 4.74 Å². The molecule has 1 aromatic carbocycles. The molecule has 1 saturated carbocycles. The zero-order chi connectivity index (χ0) is 27.8. The molecule has 210 valence electrons. The van der Waals surface area contributed by atoms with Crippen molar-refractivity contribution in [2.75, 3.05) is 27.3 Å². The molecule has 38 heavy (non-hydrogen) atoms. The van der Waals surface area contributed by atoms with Gasteiger partial charge in [-0.05, 0) is 106 Å². The number of ether oxygens (including phenoxy) is 1. The van der Waals surface area contributed by atoms with Crippen molar-refractivity contribution in [3.05, 3.63) is 68.1 Å². The maximum atomic E-state index is 13.1. The van der Waals surface area contributed by atoms with Crippen molar-refractivity contribution in [3.8, 4) is 0 Å². The SMILES string of the molecule is CCC(Cc1cccc(C(=O)NCc2c(C)cc(C)[nH]c2=O)c1C)C(C)C1CCC(N(C)CCOC)CC1. The van der Waals surface area contributed by atoms with Crippen LogP contribution in [-0.2, 0) is 17.7 Å². The van der Waals surface area contributed by atoms with Crippen molar-refractivity contribution in [1.82, 2.24) is 15.2 Å². The van der Waals surface area contributed by atoms with Gasteiger partial charge in [-0.2, -0.15) is 0 Å². The number of methoxy groups -OCH3 is 1. The number of aryl methyl sites for hydroxylation is 2. The molecule has 3 rings (SSSR count). The van der Waals surface area contributed by atoms with Crippen molar-refractivity contribution in [1.29, 1.82) is 0 Å². The van der Waals surface area contributed by atoms with Gasteiger partial charge >= 0.3 is 0 Å². The largest absolute Gasteiger partial charge is 0.383 e. The number of aromatic amines is 1. The van der Waals surface area contributed by atoms with E-state index in [2.05, 4.69) is 49.1 Å². The van der Waals surface area contributed by atoms with Gasteiger partial charge in [0, 0.05) is 43.1 Å². The highest BCUT2D eigenvalue weighted by Gasteiger charge is 2.31. The summed E-state index contributed by atoms with van der Waals surface area (Å²) in [6.07, 6.45) is 7.25. The van der Waals surface area contributed by atoms with E-state index >= 15 is 0 Å². The number of carbonyl (C=O) groups excluding carboxylic acids is 1. The topological polar surface area (TPSA) is 74.4 Å². The van der Waals surface area contributed by atoms with E-state index in [0.29, 0.717) is 29.0 Å². The maximum absolute atomic E-state index is 13.1. The van der Waals surface area contributed by atoms with E-state index in [1.165, 1.54) is 31.2 Å². The molecule has 2 aromatic rings. The average molecular weight is 524 g/mol. The van der Waals surface area contributed by atoms with Gasteiger partial charge in [0.25, 0.3) is 11.5 Å². The Kier molecular flexibility index (Phi) is 11.2. The lowest BCUT2D eigenvalue weighted by atomic mass is 9.71. The number of nitrogens with zero attached hydrogens (tertiary/aromatic N) is 1. The van der Waals surface area contributed by atoms with Gasteiger partial charge < -0.3 is 19.9 Å². The van der Waals surface area contributed by atoms with Crippen LogP contribution in [0.3, 0.4) is 0 Å². The minimum atomic E-state index is -0.135. The smallest absolute Gasteiger partial charge is 0.253 e. The lowest BCUT2D eigenvalue weighted by Crippen LogP contribution is -2.38. The summed E-state index contributed by atoms with van der Waals surface area (Å²) >= 11 is 0. The summed E-state index contributed by atoms with van der Waals surface area (Å²) in [4.78, 5) is 30.8. The molecule has 1 aliphatic carbocycles. The van der Waals surface area contributed by atoms with Gasteiger partial charge in [-0.1, -0.05) is 32.4 Å². The summed E-state index contributed by atoms with van der Waals surface area (Å²) in [5, 5.41) is 2.98. The fourth-order valence-electron chi connectivity index (χ4n) is 6.37. The van der Waals surface area contributed by atoms with Crippen molar-refractivity contribution in [2.24, 2.45) is 17.8 Å². The van der Waals surface area contributed by atoms with Gasteiger partial charge in [0.15, 0.2) is 0 Å². The van der Waals surface area contributed by atoms with E-state index in [9.17, 15) is 9.59 Å². The molecule has 2 unspecified atom stereocenters. The second-order valence-electron chi connectivity index (χ2n) is 11.5. The van der Waals surface area contributed by atoms with Crippen molar-refractivity contribution >= 4 is 5.91 Å². The number of H-pyrrole nitrogens is 1. The van der Waals surface area contributed by atoms with Crippen molar-refractivity contribution < 1.29 is 9.53 Å². The lowest BCUT2D eigenvalue weighted by Gasteiger charge is -2.39. The molecule has 6 heteroatoms. The van der Waals surface area contributed by atoms with Crippen molar-refractivity contribution in [2.45, 2.75) is 85.7 Å². The Morgan fingerprint density at radius 1 is 1.18 bits per heavy atom. The number of aromatic nitrogens is 1. The average Bonchev–Trinajstić information content (AvgIpc) is 2.90. The zero-order valence-corrected chi connectivity index (χ0v) is 24.7. The number of likely N-dealkylation sites (N-methyl/N-ethyl adjacent to an activating group) is 1. The van der Waals surface area contributed by atoms with Crippen LogP contribution in [-0.4, -0.2) is 49.1 Å². The van der Waals surface area contributed by atoms with Gasteiger partial charge in [0.1, 0.15) is 0 Å². The molecule has 0 bridgehead atoms. The Labute approximate surface area is 229 Å². The molecule has 6 nitrogen and oxygen atoms in total. The first-order valence-electron chi connectivity index (χ1n) is 14.4. The second-order valence-corrected chi connectivity index (χ2v) is 11.5. The van der Waals surface area contributed by atoms with E-state index in [0.717, 1.165) is 48.7 Å². The minimum absolute atomic E-state index is 0.124. The third-order valence-corrected chi connectivity index (χ3v) is 9.12. The number of hydrogen-bond donors (Lipinski definition) is 2. The number of benzene rings is 1. The monoisotopic (exact) mass is 523 g/mol. The summed E-state index contributed by atoms with van der Waals surface area (Å²) in [6.45, 7) is 12.6. The molecule has 1 aliphatic rings. The predicted molar refractivity (Wildman–Crippen MR) is 156 cm³/mol. The first kappa shape index (κ1) is 30.1. The van der Waals surface area contributed by atoms with Gasteiger partial charge in [0.05, 0.1) is 6.61 Å². The molecular weight excluding hydrogens is 474 g/mol. The van der Waals surface area contributed by atoms with E-state index in [-0.39, 0.29) is 18.0 Å². The van der Waals surface area contributed by atoms with Crippen molar-refractivity contribution in [3.63, 3.8) is 0 Å². The Morgan fingerprint density at radius 3 is 2.53 bits per heavy atom. The Hall–Kier alpha value is -2.44. The molecule has 0 aliphatic heterocycles. The third kappa shape index (κ3) is 7.57. The lowest BCUT2D eigenvalue weighted by molar-refractivity contribution is 0.0942. The summed E-state index contributed by atoms with van der Waals surface area (Å²) in [5.41, 5.74) is 5.20. The first-order valence-corrected chi connectivity index (χ1v) is 14.4. The summed E-state index contributed by atoms with van der Waals surface area (Å²) in [6, 6.07) is 8.68. The number of hydrogen-bond acceptors (Lipinski definition) is 4. The van der Waals surface area contributed by atoms with Crippen LogP contribution in [0.5, 0.6) is 0 Å². The highest BCUT2D eigenvalue weighted by molar-refractivity contribution is 5.95. The number of rotatable bonds is 12. The van der Waals surface area contributed by atoms with Crippen LogP contribution in [0.15, 0.2) is 29.1 Å². The summed E-state index contributed by atoms with van der Waals surface area (Å²) in [5.74, 6) is 1.88. The van der Waals surface area contributed by atoms with Crippen LogP contribution in [0.1, 0.15) is 84.3 Å². The molecule has 0 saturated heterocycles. The van der Waals surface area contributed by atoms with Crippen LogP contribution in [0.25, 0.3) is 0 Å². The van der Waals surface area contributed by atoms with Crippen LogP contribution in [0.2, 0.25) is 0 Å². The number of carbonyl (C=O) groups is 1. The molecule has 0 spiro atoms. The number of pyridine rings is 1. The standard InChI is InChI=1S/C32H49N3O3/c1-8-25(23(4)26-12-14-28(15-13-26)35(6)16-17-38-7)19-27-10-9-11-29(24(27)5)31(36)33-20-30-21(2)18-22(3)34-32(30)37/h9-11,18,23,25-26,28H,8,12-17,19-20H2,1-7H3,(H,33,36)(H,34,37). The molecule has 1 fully saturated rings. The third-order valence-electron chi connectivity index (χ3n) is 9.12. The van der Waals surface area contributed by atoms with Gasteiger partial charge in [-0.25, -0.2) is 0 Å². The number of amides is 1.